The van der Waals surface area contributed by atoms with E-state index in [4.69, 9.17) is 0 Å². The molecule has 0 saturated heterocycles. The quantitative estimate of drug-likeness (QED) is 0.722. The molecular weight excluding hydrogens is 310 g/mol. The van der Waals surface area contributed by atoms with E-state index in [-0.39, 0.29) is 0 Å². The summed E-state index contributed by atoms with van der Waals surface area (Å²) in [6, 6.07) is 12.8. The second-order valence-electron chi connectivity index (χ2n) is 6.57. The van der Waals surface area contributed by atoms with Crippen LogP contribution in [0.1, 0.15) is 24.0 Å². The van der Waals surface area contributed by atoms with Gasteiger partial charge in [0.05, 0.1) is 5.69 Å². The van der Waals surface area contributed by atoms with E-state index in [2.05, 4.69) is 57.6 Å². The van der Waals surface area contributed by atoms with E-state index in [1.54, 1.807) is 6.20 Å². The van der Waals surface area contributed by atoms with Crippen LogP contribution in [-0.4, -0.2) is 21.0 Å². The van der Waals surface area contributed by atoms with E-state index in [0.29, 0.717) is 12.0 Å². The molecular formula is C20H21N5. The average Bonchev–Trinajstić information content (AvgIpc) is 3.43. The van der Waals surface area contributed by atoms with Crippen molar-refractivity contribution in [2.75, 3.05) is 10.6 Å². The van der Waals surface area contributed by atoms with Gasteiger partial charge in [0.25, 0.3) is 0 Å². The Kier molecular flexibility index (Phi) is 4.06. The first-order valence-electron chi connectivity index (χ1n) is 8.58. The molecule has 0 atom stereocenters. The summed E-state index contributed by atoms with van der Waals surface area (Å²) < 4.78 is 0. The zero-order valence-electron chi connectivity index (χ0n) is 14.5. The topological polar surface area (TPSA) is 62.7 Å². The summed E-state index contributed by atoms with van der Waals surface area (Å²) in [6.07, 6.45) is 5.95. The number of pyridine rings is 1. The highest BCUT2D eigenvalue weighted by Gasteiger charge is 2.22. The minimum atomic E-state index is 0.498. The van der Waals surface area contributed by atoms with Crippen molar-refractivity contribution in [3.05, 3.63) is 59.9 Å². The third kappa shape index (κ3) is 3.76. The van der Waals surface area contributed by atoms with E-state index < -0.39 is 0 Å². The standard InChI is InChI=1S/C20H21N5/c1-13-5-6-14(2)17(10-13)23-19-11-18(15-4-3-9-21-12-15)24-20(25-19)22-16-7-8-16/h3-6,9-12,16H,7-8H2,1-2H3,(H2,22,23,24,25). The number of aryl methyl sites for hydroxylation is 2. The highest BCUT2D eigenvalue weighted by molar-refractivity contribution is 5.68. The van der Waals surface area contributed by atoms with Gasteiger partial charge in [0.2, 0.25) is 5.95 Å². The molecule has 1 aliphatic carbocycles. The average molecular weight is 331 g/mol. The van der Waals surface area contributed by atoms with Gasteiger partial charge in [-0.1, -0.05) is 12.1 Å². The lowest BCUT2D eigenvalue weighted by Crippen LogP contribution is -2.08. The molecule has 1 aliphatic rings. The van der Waals surface area contributed by atoms with Crippen LogP contribution in [0.3, 0.4) is 0 Å². The first-order valence-corrected chi connectivity index (χ1v) is 8.58. The van der Waals surface area contributed by atoms with Gasteiger partial charge in [0.15, 0.2) is 0 Å². The van der Waals surface area contributed by atoms with Gasteiger partial charge in [0.1, 0.15) is 5.82 Å². The maximum absolute atomic E-state index is 4.66. The van der Waals surface area contributed by atoms with E-state index in [1.165, 1.54) is 24.0 Å². The third-order valence-corrected chi connectivity index (χ3v) is 4.25. The maximum atomic E-state index is 4.66. The molecule has 0 bridgehead atoms. The van der Waals surface area contributed by atoms with E-state index in [9.17, 15) is 0 Å². The second-order valence-corrected chi connectivity index (χ2v) is 6.57. The van der Waals surface area contributed by atoms with E-state index in [0.717, 1.165) is 22.8 Å². The molecule has 2 N–H and O–H groups in total. The van der Waals surface area contributed by atoms with Crippen LogP contribution in [0.15, 0.2) is 48.8 Å². The van der Waals surface area contributed by atoms with Crippen LogP contribution in [0.5, 0.6) is 0 Å². The molecule has 5 nitrogen and oxygen atoms in total. The Morgan fingerprint density at radius 1 is 1.04 bits per heavy atom. The molecule has 0 amide bonds. The van der Waals surface area contributed by atoms with Crippen LogP contribution in [0.2, 0.25) is 0 Å². The lowest BCUT2D eigenvalue weighted by atomic mass is 10.1. The maximum Gasteiger partial charge on any atom is 0.225 e. The van der Waals surface area contributed by atoms with Gasteiger partial charge < -0.3 is 10.6 Å². The summed E-state index contributed by atoms with van der Waals surface area (Å²) in [6.45, 7) is 4.18. The van der Waals surface area contributed by atoms with Gasteiger partial charge in [-0.15, -0.1) is 0 Å². The Hall–Kier alpha value is -2.95. The summed E-state index contributed by atoms with van der Waals surface area (Å²) in [4.78, 5) is 13.5. The molecule has 4 rings (SSSR count). The minimum Gasteiger partial charge on any atom is -0.351 e. The van der Waals surface area contributed by atoms with Crippen LogP contribution in [0, 0.1) is 13.8 Å². The molecule has 1 saturated carbocycles. The van der Waals surface area contributed by atoms with Crippen molar-refractivity contribution in [3.63, 3.8) is 0 Å². The molecule has 0 spiro atoms. The highest BCUT2D eigenvalue weighted by atomic mass is 15.2. The number of aromatic nitrogens is 3. The van der Waals surface area contributed by atoms with Crippen molar-refractivity contribution in [1.29, 1.82) is 0 Å². The molecule has 1 fully saturated rings. The smallest absolute Gasteiger partial charge is 0.225 e. The molecule has 1 aromatic carbocycles. The summed E-state index contributed by atoms with van der Waals surface area (Å²) in [5.41, 5.74) is 5.30. The van der Waals surface area contributed by atoms with Gasteiger partial charge in [-0.3, -0.25) is 4.98 Å². The van der Waals surface area contributed by atoms with Crippen LogP contribution >= 0.6 is 0 Å². The first-order chi connectivity index (χ1) is 12.2. The molecule has 0 unspecified atom stereocenters. The second kappa shape index (κ2) is 6.51. The fourth-order valence-corrected chi connectivity index (χ4v) is 2.66. The van der Waals surface area contributed by atoms with Crippen LogP contribution < -0.4 is 10.6 Å². The monoisotopic (exact) mass is 331 g/mol. The van der Waals surface area contributed by atoms with Crippen molar-refractivity contribution in [2.45, 2.75) is 32.7 Å². The van der Waals surface area contributed by atoms with E-state index in [1.807, 2.05) is 24.4 Å². The number of anilines is 3. The Morgan fingerprint density at radius 3 is 2.68 bits per heavy atom. The van der Waals surface area contributed by atoms with Crippen LogP contribution in [-0.2, 0) is 0 Å². The molecule has 5 heteroatoms. The van der Waals surface area contributed by atoms with Crippen molar-refractivity contribution in [1.82, 2.24) is 15.0 Å². The van der Waals surface area contributed by atoms with Crippen molar-refractivity contribution >= 4 is 17.5 Å². The fraction of sp³-hybridized carbons (Fsp3) is 0.250. The third-order valence-electron chi connectivity index (χ3n) is 4.25. The van der Waals surface area contributed by atoms with Crippen LogP contribution in [0.4, 0.5) is 17.5 Å². The molecule has 25 heavy (non-hydrogen) atoms. The van der Waals surface area contributed by atoms with Gasteiger partial charge >= 0.3 is 0 Å². The molecule has 126 valence electrons. The van der Waals surface area contributed by atoms with Crippen molar-refractivity contribution < 1.29 is 0 Å². The van der Waals surface area contributed by atoms with Gasteiger partial charge in [-0.05, 0) is 56.0 Å². The molecule has 0 aliphatic heterocycles. The van der Waals surface area contributed by atoms with Gasteiger partial charge in [-0.25, -0.2) is 4.98 Å². The number of hydrogen-bond donors (Lipinski definition) is 2. The van der Waals surface area contributed by atoms with E-state index >= 15 is 0 Å². The minimum absolute atomic E-state index is 0.498. The number of nitrogens with zero attached hydrogens (tertiary/aromatic N) is 3. The summed E-state index contributed by atoms with van der Waals surface area (Å²) in [5.74, 6) is 1.45. The number of rotatable bonds is 5. The lowest BCUT2D eigenvalue weighted by Gasteiger charge is -2.13. The number of hydrogen-bond acceptors (Lipinski definition) is 5. The Balaban J connectivity index is 1.71. The zero-order chi connectivity index (χ0) is 17.2. The molecule has 2 aromatic heterocycles. The summed E-state index contributed by atoms with van der Waals surface area (Å²) >= 11 is 0. The number of benzene rings is 1. The fourth-order valence-electron chi connectivity index (χ4n) is 2.66. The SMILES string of the molecule is Cc1ccc(C)c(Nc2cc(-c3cccnc3)nc(NC3CC3)n2)c1. The summed E-state index contributed by atoms with van der Waals surface area (Å²) in [7, 11) is 0. The zero-order valence-corrected chi connectivity index (χ0v) is 14.5. The largest absolute Gasteiger partial charge is 0.351 e. The Bertz CT molecular complexity index is 888. The lowest BCUT2D eigenvalue weighted by molar-refractivity contribution is 1.06. The predicted octanol–water partition coefficient (Wildman–Crippen LogP) is 4.47. The van der Waals surface area contributed by atoms with Gasteiger partial charge in [0, 0.05) is 35.8 Å². The summed E-state index contributed by atoms with van der Waals surface area (Å²) in [5, 5.41) is 6.84. The first kappa shape index (κ1) is 15.6. The normalized spacial score (nSPS) is 13.5. The highest BCUT2D eigenvalue weighted by Crippen LogP contribution is 2.28. The Labute approximate surface area is 147 Å². The van der Waals surface area contributed by atoms with Gasteiger partial charge in [-0.2, -0.15) is 4.98 Å². The van der Waals surface area contributed by atoms with Crippen molar-refractivity contribution in [3.8, 4) is 11.3 Å². The predicted molar refractivity (Wildman–Crippen MR) is 101 cm³/mol. The van der Waals surface area contributed by atoms with Crippen LogP contribution in [0.25, 0.3) is 11.3 Å². The van der Waals surface area contributed by atoms with Crippen molar-refractivity contribution in [2.24, 2.45) is 0 Å². The number of nitrogens with one attached hydrogen (secondary N) is 2. The molecule has 2 heterocycles. The molecule has 3 aromatic rings. The molecule has 0 radical (unpaired) electrons. The Morgan fingerprint density at radius 2 is 1.92 bits per heavy atom.